The van der Waals surface area contributed by atoms with E-state index in [1.54, 1.807) is 23.1 Å². The number of allylic oxidation sites excluding steroid dienone is 6. The van der Waals surface area contributed by atoms with Crippen molar-refractivity contribution in [3.63, 3.8) is 0 Å². The second-order valence-electron chi connectivity index (χ2n) is 10.0. The van der Waals surface area contributed by atoms with Gasteiger partial charge in [0.1, 0.15) is 11.1 Å². The highest BCUT2D eigenvalue weighted by Crippen LogP contribution is 2.49. The lowest BCUT2D eigenvalue weighted by molar-refractivity contribution is -0.667. The van der Waals surface area contributed by atoms with Crippen molar-refractivity contribution in [2.45, 2.75) is 24.3 Å². The number of carboxylic acids is 2. The second kappa shape index (κ2) is 12.7. The van der Waals surface area contributed by atoms with Crippen LogP contribution in [0.5, 0.6) is 0 Å². The van der Waals surface area contributed by atoms with E-state index in [1.807, 2.05) is 66.8 Å². The lowest BCUT2D eigenvalue weighted by atomic mass is 10.1. The summed E-state index contributed by atoms with van der Waals surface area (Å²) in [5, 5.41) is 25.3. The molecule has 0 aliphatic carbocycles. The van der Waals surface area contributed by atoms with E-state index in [2.05, 4.69) is 58.0 Å². The summed E-state index contributed by atoms with van der Waals surface area (Å²) in [6, 6.07) is 24.8. The Morgan fingerprint density at radius 3 is 2.23 bits per heavy atom. The molecule has 1 aromatic heterocycles. The van der Waals surface area contributed by atoms with Crippen LogP contribution in [-0.4, -0.2) is 28.7 Å². The summed E-state index contributed by atoms with van der Waals surface area (Å²) in [6.07, 6.45) is 13.9. The maximum atomic E-state index is 11.3. The van der Waals surface area contributed by atoms with Gasteiger partial charge in [0.2, 0.25) is 5.52 Å². The van der Waals surface area contributed by atoms with E-state index in [0.29, 0.717) is 13.1 Å². The van der Waals surface area contributed by atoms with Gasteiger partial charge in [-0.15, -0.1) is 0 Å². The Hall–Kier alpha value is -4.66. The van der Waals surface area contributed by atoms with Gasteiger partial charge in [0.15, 0.2) is 6.54 Å². The van der Waals surface area contributed by atoms with Crippen LogP contribution in [-0.2, 0) is 16.1 Å². The molecule has 0 saturated carbocycles. The number of carboxylic acid groups (broad SMARTS) is 2. The maximum Gasteiger partial charge on any atom is 0.309 e. The van der Waals surface area contributed by atoms with Crippen molar-refractivity contribution >= 4 is 78.6 Å². The third kappa shape index (κ3) is 6.11. The lowest BCUT2D eigenvalue weighted by Gasteiger charge is -2.19. The van der Waals surface area contributed by atoms with Crippen LogP contribution in [0.15, 0.2) is 119 Å². The number of rotatable bonds is 10. The summed E-state index contributed by atoms with van der Waals surface area (Å²) in [4.78, 5) is 25.9. The van der Waals surface area contributed by atoms with Crippen molar-refractivity contribution in [1.29, 1.82) is 0 Å². The van der Waals surface area contributed by atoms with Crippen molar-refractivity contribution in [1.82, 2.24) is 0 Å². The first-order valence-electron chi connectivity index (χ1n) is 14.0. The van der Waals surface area contributed by atoms with Crippen molar-refractivity contribution in [3.8, 4) is 0 Å². The molecule has 5 aromatic rings. The van der Waals surface area contributed by atoms with Crippen molar-refractivity contribution < 1.29 is 24.4 Å². The minimum Gasteiger partial charge on any atom is -0.481 e. The smallest absolute Gasteiger partial charge is 0.309 e. The SMILES string of the molecule is O=C(O)CCN1C(=CC=CC=CC=Cc2sc3c4ccccc4ccc3[n+]2CCC(=O)O)Sc2c1ccc1ccccc21. The lowest BCUT2D eigenvalue weighted by Crippen LogP contribution is -2.36. The Labute approximate surface area is 257 Å². The molecule has 2 heterocycles. The summed E-state index contributed by atoms with van der Waals surface area (Å²) < 4.78 is 3.23. The number of aromatic nitrogens is 1. The number of thiazole rings is 1. The molecular weight excluding hydrogens is 577 g/mol. The molecule has 0 atom stereocenters. The molecule has 1 aliphatic rings. The predicted octanol–water partition coefficient (Wildman–Crippen LogP) is 8.02. The van der Waals surface area contributed by atoms with Crippen LogP contribution >= 0.6 is 23.1 Å². The normalized spacial score (nSPS) is 14.4. The number of nitrogens with zero attached hydrogens (tertiary/aromatic N) is 2. The number of aliphatic carboxylic acids is 2. The first-order chi connectivity index (χ1) is 21.0. The number of hydrogen-bond acceptors (Lipinski definition) is 5. The predicted molar refractivity (Wildman–Crippen MR) is 177 cm³/mol. The van der Waals surface area contributed by atoms with E-state index in [4.69, 9.17) is 0 Å². The Morgan fingerprint density at radius 1 is 0.767 bits per heavy atom. The molecule has 0 saturated heterocycles. The van der Waals surface area contributed by atoms with Crippen LogP contribution in [0, 0.1) is 0 Å². The van der Waals surface area contributed by atoms with E-state index in [-0.39, 0.29) is 12.8 Å². The largest absolute Gasteiger partial charge is 0.481 e. The van der Waals surface area contributed by atoms with E-state index in [1.165, 1.54) is 0 Å². The average Bonchev–Trinajstić information content (AvgIpc) is 3.56. The molecule has 0 fully saturated rings. The fourth-order valence-corrected chi connectivity index (χ4v) is 7.72. The summed E-state index contributed by atoms with van der Waals surface area (Å²) in [5.41, 5.74) is 2.07. The molecule has 0 bridgehead atoms. The Balaban J connectivity index is 1.21. The van der Waals surface area contributed by atoms with Crippen LogP contribution in [0.1, 0.15) is 17.8 Å². The number of carbonyl (C=O) groups is 2. The number of thioether (sulfide) groups is 1. The van der Waals surface area contributed by atoms with E-state index < -0.39 is 11.9 Å². The topological polar surface area (TPSA) is 81.7 Å². The van der Waals surface area contributed by atoms with Crippen molar-refractivity contribution in [2.75, 3.05) is 11.4 Å². The third-order valence-corrected chi connectivity index (χ3v) is 9.66. The van der Waals surface area contributed by atoms with Crippen LogP contribution in [0.25, 0.3) is 37.8 Å². The molecule has 0 spiro atoms. The quantitative estimate of drug-likeness (QED) is 0.124. The molecule has 4 aromatic carbocycles. The molecule has 0 unspecified atom stereocenters. The van der Waals surface area contributed by atoms with Gasteiger partial charge in [-0.2, -0.15) is 4.57 Å². The van der Waals surface area contributed by atoms with Gasteiger partial charge >= 0.3 is 11.9 Å². The number of hydrogen-bond donors (Lipinski definition) is 2. The van der Waals surface area contributed by atoms with Gasteiger partial charge in [-0.3, -0.25) is 9.59 Å². The highest BCUT2D eigenvalue weighted by molar-refractivity contribution is 8.04. The molecule has 6 rings (SSSR count). The van der Waals surface area contributed by atoms with Crippen LogP contribution in [0.4, 0.5) is 5.69 Å². The van der Waals surface area contributed by atoms with E-state index in [9.17, 15) is 19.8 Å². The van der Waals surface area contributed by atoms with Gasteiger partial charge in [0.25, 0.3) is 5.01 Å². The first kappa shape index (κ1) is 28.5. The number of anilines is 1. The minimum absolute atomic E-state index is 0.0541. The highest BCUT2D eigenvalue weighted by Gasteiger charge is 2.27. The number of aryl methyl sites for hydroxylation is 1. The van der Waals surface area contributed by atoms with Gasteiger partial charge in [-0.25, -0.2) is 0 Å². The fraction of sp³-hybridized carbons (Fsp3) is 0.114. The third-order valence-electron chi connectivity index (χ3n) is 7.27. The molecule has 0 amide bonds. The Bertz CT molecular complexity index is 1990. The summed E-state index contributed by atoms with van der Waals surface area (Å²) in [7, 11) is 0. The van der Waals surface area contributed by atoms with Gasteiger partial charge in [-0.05, 0) is 34.4 Å². The van der Waals surface area contributed by atoms with E-state index in [0.717, 1.165) is 52.4 Å². The molecule has 1 aliphatic heterocycles. The Kier molecular flexibility index (Phi) is 8.40. The average molecular weight is 606 g/mol. The summed E-state index contributed by atoms with van der Waals surface area (Å²) in [6.45, 7) is 0.802. The van der Waals surface area contributed by atoms with Crippen LogP contribution in [0.2, 0.25) is 0 Å². The van der Waals surface area contributed by atoms with Crippen molar-refractivity contribution in [3.05, 3.63) is 119 Å². The van der Waals surface area contributed by atoms with Gasteiger partial charge in [0.05, 0.1) is 17.1 Å². The molecule has 6 nitrogen and oxygen atoms in total. The standard InChI is InChI=1S/C35H28N2O4S2/c38-32(39)20-22-36-28-18-16-24-10-6-8-12-26(24)34(28)42-30(36)14-4-2-1-3-5-15-31-37(23-21-33(40)41)29-19-17-25-11-7-9-13-27(25)35(29)43-31/h1-19H,20-23H2,(H-,38,39,40,41)/p+1. The second-order valence-corrected chi connectivity index (χ2v) is 12.1. The number of benzene rings is 4. The van der Waals surface area contributed by atoms with Gasteiger partial charge < -0.3 is 15.1 Å². The molecule has 0 radical (unpaired) electrons. The molecule has 214 valence electrons. The molecule has 2 N–H and O–H groups in total. The minimum atomic E-state index is -0.819. The van der Waals surface area contributed by atoms with Crippen LogP contribution < -0.4 is 9.47 Å². The fourth-order valence-electron chi connectivity index (χ4n) is 5.25. The monoisotopic (exact) mass is 605 g/mol. The van der Waals surface area contributed by atoms with Gasteiger partial charge in [0, 0.05) is 29.0 Å². The number of fused-ring (bicyclic) bond motifs is 6. The summed E-state index contributed by atoms with van der Waals surface area (Å²) >= 11 is 3.33. The van der Waals surface area contributed by atoms with E-state index >= 15 is 0 Å². The highest BCUT2D eigenvalue weighted by atomic mass is 32.2. The zero-order valence-corrected chi connectivity index (χ0v) is 24.9. The maximum absolute atomic E-state index is 11.3. The van der Waals surface area contributed by atoms with Crippen LogP contribution in [0.3, 0.4) is 0 Å². The van der Waals surface area contributed by atoms with Crippen molar-refractivity contribution in [2.24, 2.45) is 0 Å². The summed E-state index contributed by atoms with van der Waals surface area (Å²) in [5.74, 6) is -1.64. The first-order valence-corrected chi connectivity index (χ1v) is 15.6. The molecular formula is C35H29N2O4S2+. The Morgan fingerprint density at radius 2 is 1.44 bits per heavy atom. The molecule has 43 heavy (non-hydrogen) atoms. The zero-order valence-electron chi connectivity index (χ0n) is 23.2. The van der Waals surface area contributed by atoms with Gasteiger partial charge in [-0.1, -0.05) is 108 Å². The zero-order chi connectivity index (χ0) is 29.8. The molecule has 8 heteroatoms.